The van der Waals surface area contributed by atoms with Crippen LogP contribution < -0.4 is 41.7 Å². The first kappa shape index (κ1) is 78.6. The van der Waals surface area contributed by atoms with Gasteiger partial charge in [0.15, 0.2) is 0 Å². The first-order valence-electron chi connectivity index (χ1n) is 22.6. The zero-order chi connectivity index (χ0) is 55.9. The Kier molecular flexibility index (Phi) is 47.6. The van der Waals surface area contributed by atoms with Crippen LogP contribution in [0.4, 0.5) is 40.3 Å². The summed E-state index contributed by atoms with van der Waals surface area (Å²) in [6.45, 7) is 15.0. The van der Waals surface area contributed by atoms with Crippen molar-refractivity contribution < 1.29 is 135 Å². The third kappa shape index (κ3) is 41.0. The van der Waals surface area contributed by atoms with Crippen LogP contribution in [-0.2, 0) is 49.2 Å². The molecular weight excluding hydrogens is 1180 g/mol. The maximum absolute atomic E-state index is 12.3. The molecular formula is C50H66F4N5O15STb. The number of rotatable bonds is 16. The minimum Gasteiger partial charge on any atom is -0.540 e. The number of carbonyl (C=O) groups excluding carboxylic acids is 8. The Hall–Kier alpha value is -6.32. The number of hydrogen-bond donors (Lipinski definition) is 4. The molecule has 26 heteroatoms. The quantitative estimate of drug-likeness (QED) is 0.0701. The summed E-state index contributed by atoms with van der Waals surface area (Å²) in [5, 5.41) is 47.9. The molecule has 0 bridgehead atoms. The third-order valence-corrected chi connectivity index (χ3v) is 9.09. The van der Waals surface area contributed by atoms with E-state index < -0.39 is 81.6 Å². The number of carboxylic acid groups (broad SMARTS) is 4. The van der Waals surface area contributed by atoms with Gasteiger partial charge in [-0.15, -0.1) is 0 Å². The molecule has 4 aromatic carbocycles. The molecule has 0 aliphatic heterocycles. The van der Waals surface area contributed by atoms with Gasteiger partial charge in [0.25, 0.3) is 23.6 Å². The Labute approximate surface area is 472 Å². The van der Waals surface area contributed by atoms with Crippen LogP contribution in [0, 0.1) is 61.9 Å². The number of amides is 4. The van der Waals surface area contributed by atoms with Crippen LogP contribution in [0.3, 0.4) is 0 Å². The van der Waals surface area contributed by atoms with Crippen LogP contribution in [0.25, 0.3) is 0 Å². The number of quaternary nitrogens is 1. The molecule has 0 unspecified atom stereocenters. The van der Waals surface area contributed by atoms with Crippen molar-refractivity contribution >= 4 is 81.1 Å². The molecule has 0 spiro atoms. The van der Waals surface area contributed by atoms with Crippen molar-refractivity contribution in [2.45, 2.75) is 79.1 Å². The summed E-state index contributed by atoms with van der Waals surface area (Å²) in [4.78, 5) is 82.0. The van der Waals surface area contributed by atoms with Crippen LogP contribution in [-0.4, -0.2) is 106 Å². The molecule has 0 aliphatic carbocycles. The fourth-order valence-electron chi connectivity index (χ4n) is 5.51. The topological polar surface area (TPSA) is 357 Å². The van der Waals surface area contributed by atoms with E-state index in [9.17, 15) is 80.6 Å². The molecule has 0 atom stereocenters. The van der Waals surface area contributed by atoms with Crippen molar-refractivity contribution in [1.29, 1.82) is 0 Å². The normalized spacial score (nSPS) is 9.51. The Bertz CT molecular complexity index is 2020. The molecule has 4 amide bonds. The number of carboxylic acids is 4. The monoisotopic (exact) mass is 1240 g/mol. The average Bonchev–Trinajstić information content (AvgIpc) is 3.34. The number of nitrogens with one attached hydrogen (secondary N) is 4. The number of nitrogens with zero attached hydrogens (tertiary/aromatic N) is 1. The smallest absolute Gasteiger partial charge is 0.540 e. The minimum absolute atomic E-state index is 0. The van der Waals surface area contributed by atoms with Gasteiger partial charge in [0.1, 0.15) is 47.1 Å². The molecule has 20 nitrogen and oxygen atoms in total. The SMILES string of the molecule is CCCC[N+](CCCC)(CCCC)CCCC.CS(C)=O.O.O.O=C([O-])C(=O)Nc1ccc(F)cc1.O=C([O-])C(=O)Nc1ccc(F)cc1.O=C([O-])C(=O)Nc1ccc(F)cc1.O=C([O-])C(=O)Nc1ccc(F)cc1.[Tb+3]. The summed E-state index contributed by atoms with van der Waals surface area (Å²) in [7, 11) is -0.611. The van der Waals surface area contributed by atoms with E-state index in [4.69, 9.17) is 0 Å². The number of hydrogen-bond acceptors (Lipinski definition) is 13. The minimum atomic E-state index is -1.83. The summed E-state index contributed by atoms with van der Waals surface area (Å²) < 4.78 is 60.3. The van der Waals surface area contributed by atoms with Crippen LogP contribution in [0.15, 0.2) is 97.1 Å². The van der Waals surface area contributed by atoms with Crippen LogP contribution in [0.1, 0.15) is 79.1 Å². The van der Waals surface area contributed by atoms with E-state index in [-0.39, 0.29) is 72.3 Å². The second-order valence-electron chi connectivity index (χ2n) is 15.4. The number of halogens is 4. The molecule has 4 rings (SSSR count). The summed E-state index contributed by atoms with van der Waals surface area (Å²) in [5.74, 6) is -14.2. The fraction of sp³-hybridized carbons (Fsp3) is 0.360. The van der Waals surface area contributed by atoms with Gasteiger partial charge in [-0.2, -0.15) is 0 Å². The average molecular weight is 1240 g/mol. The number of benzene rings is 4. The predicted octanol–water partition coefficient (Wildman–Crippen LogP) is 1.41. The molecule has 0 saturated heterocycles. The largest absolute Gasteiger partial charge is 3.00 e. The van der Waals surface area contributed by atoms with E-state index in [2.05, 4.69) is 27.7 Å². The molecule has 0 aromatic heterocycles. The van der Waals surface area contributed by atoms with Gasteiger partial charge in [-0.1, -0.05) is 53.4 Å². The Morgan fingerprint density at radius 3 is 0.658 bits per heavy atom. The zero-order valence-corrected chi connectivity index (χ0v) is 45.7. The van der Waals surface area contributed by atoms with Crippen LogP contribution >= 0.6 is 0 Å². The molecule has 0 fully saturated rings. The van der Waals surface area contributed by atoms with Crippen LogP contribution in [0.5, 0.6) is 0 Å². The van der Waals surface area contributed by atoms with Gasteiger partial charge < -0.3 is 76.3 Å². The van der Waals surface area contributed by atoms with Gasteiger partial charge in [0.2, 0.25) is 0 Å². The zero-order valence-electron chi connectivity index (χ0n) is 42.7. The van der Waals surface area contributed by atoms with E-state index in [0.717, 1.165) is 48.5 Å². The van der Waals surface area contributed by atoms with E-state index in [1.54, 1.807) is 12.5 Å². The van der Waals surface area contributed by atoms with Crippen molar-refractivity contribution in [2.75, 3.05) is 60.0 Å². The van der Waals surface area contributed by atoms with Crippen molar-refractivity contribution in [3.63, 3.8) is 0 Å². The van der Waals surface area contributed by atoms with Gasteiger partial charge in [-0.05, 0) is 123 Å². The van der Waals surface area contributed by atoms with Gasteiger partial charge >= 0.3 is 38.6 Å². The van der Waals surface area contributed by atoms with Gasteiger partial charge in [0.05, 0.1) is 26.2 Å². The maximum atomic E-state index is 12.3. The van der Waals surface area contributed by atoms with Crippen molar-refractivity contribution in [3.8, 4) is 0 Å². The van der Waals surface area contributed by atoms with Crippen molar-refractivity contribution in [3.05, 3.63) is 120 Å². The number of anilines is 4. The van der Waals surface area contributed by atoms with Crippen molar-refractivity contribution in [2.24, 2.45) is 0 Å². The molecule has 0 heterocycles. The number of aliphatic carboxylic acids is 4. The summed E-state index contributed by atoms with van der Waals surface area (Å²) in [6.07, 6.45) is 14.3. The summed E-state index contributed by atoms with van der Waals surface area (Å²) in [6, 6.07) is 18.8. The van der Waals surface area contributed by atoms with E-state index in [0.29, 0.717) is 0 Å². The second kappa shape index (κ2) is 46.0. The maximum Gasteiger partial charge on any atom is 3.00 e. The molecule has 0 aliphatic rings. The standard InChI is InChI=1S/C16H36N.4C8H6FNO3.C2H6OS.2H2O.Tb/c1-5-9-13-17(14-10-6-2,15-11-7-3)16-12-8-4;4*9-5-1-3-6(4-2-5)10-7(11)8(12)13;1-4(2)3;;;/h5-16H2,1-4H3;4*1-4H,(H,10,11)(H,12,13);1-2H3;2*1H2;/q+1;;;;;;;;+3/p-4. The Morgan fingerprint density at radius 2 is 0.539 bits per heavy atom. The van der Waals surface area contributed by atoms with E-state index in [1.165, 1.54) is 131 Å². The first-order valence-corrected chi connectivity index (χ1v) is 24.5. The molecule has 4 aromatic rings. The molecule has 76 heavy (non-hydrogen) atoms. The molecule has 8 N–H and O–H groups in total. The Morgan fingerprint density at radius 1 is 0.395 bits per heavy atom. The number of carbonyl (C=O) groups is 8. The van der Waals surface area contributed by atoms with Gasteiger partial charge in [0, 0.05) is 46.1 Å². The molecule has 424 valence electrons. The third-order valence-electron chi connectivity index (χ3n) is 9.09. The van der Waals surface area contributed by atoms with Crippen LogP contribution in [0.2, 0.25) is 0 Å². The summed E-state index contributed by atoms with van der Waals surface area (Å²) in [5.41, 5.74) is 0.817. The second-order valence-corrected chi connectivity index (χ2v) is 16.9. The first-order chi connectivity index (χ1) is 34.3. The predicted molar refractivity (Wildman–Crippen MR) is 267 cm³/mol. The summed E-state index contributed by atoms with van der Waals surface area (Å²) >= 11 is 0. The van der Waals surface area contributed by atoms with Gasteiger partial charge in [-0.25, -0.2) is 17.6 Å². The molecule has 0 saturated carbocycles. The molecule has 0 radical (unpaired) electrons. The Balaban J connectivity index is -0.000000269. The fourth-order valence-corrected chi connectivity index (χ4v) is 5.51. The van der Waals surface area contributed by atoms with Crippen molar-refractivity contribution in [1.82, 2.24) is 0 Å². The van der Waals surface area contributed by atoms with Gasteiger partial charge in [-0.3, -0.25) is 23.4 Å². The van der Waals surface area contributed by atoms with E-state index in [1.807, 2.05) is 21.3 Å². The number of unbranched alkanes of at least 4 members (excludes halogenated alkanes) is 4. The van der Waals surface area contributed by atoms with E-state index >= 15 is 0 Å².